The van der Waals surface area contributed by atoms with E-state index in [4.69, 9.17) is 9.47 Å². The maximum absolute atomic E-state index is 10.8. The average molecular weight is 222 g/mol. The standard InChI is InChI=1S/C12H14O4/c1-9-4-3-5-12(11(9)8-13)16-7-6-15-10(2)14/h3-5,8H,6-7H2,1-2H3. The first-order valence-corrected chi connectivity index (χ1v) is 4.96. The van der Waals surface area contributed by atoms with Crippen molar-refractivity contribution in [3.05, 3.63) is 29.3 Å². The number of rotatable bonds is 5. The third kappa shape index (κ3) is 3.38. The summed E-state index contributed by atoms with van der Waals surface area (Å²) in [6.45, 7) is 3.59. The molecule has 0 aliphatic rings. The van der Waals surface area contributed by atoms with Crippen LogP contribution in [0.4, 0.5) is 0 Å². The van der Waals surface area contributed by atoms with Crippen molar-refractivity contribution in [3.8, 4) is 5.75 Å². The fourth-order valence-corrected chi connectivity index (χ4v) is 1.27. The van der Waals surface area contributed by atoms with Gasteiger partial charge in [0.25, 0.3) is 0 Å². The molecule has 1 aromatic carbocycles. The quantitative estimate of drug-likeness (QED) is 0.432. The number of esters is 1. The van der Waals surface area contributed by atoms with Gasteiger partial charge in [0.1, 0.15) is 19.0 Å². The molecule has 0 spiro atoms. The summed E-state index contributed by atoms with van der Waals surface area (Å²) in [6, 6.07) is 5.36. The molecule has 0 amide bonds. The van der Waals surface area contributed by atoms with Crippen LogP contribution in [0.1, 0.15) is 22.8 Å². The molecule has 0 unspecified atom stereocenters. The predicted molar refractivity (Wildman–Crippen MR) is 58.7 cm³/mol. The van der Waals surface area contributed by atoms with Gasteiger partial charge in [-0.25, -0.2) is 0 Å². The van der Waals surface area contributed by atoms with Gasteiger partial charge in [-0.3, -0.25) is 9.59 Å². The van der Waals surface area contributed by atoms with E-state index < -0.39 is 0 Å². The Kier molecular flexibility index (Phi) is 4.51. The minimum atomic E-state index is -0.344. The van der Waals surface area contributed by atoms with Crippen LogP contribution in [0, 0.1) is 6.92 Å². The average Bonchev–Trinajstić information content (AvgIpc) is 2.24. The fourth-order valence-electron chi connectivity index (χ4n) is 1.27. The molecule has 0 N–H and O–H groups in total. The van der Waals surface area contributed by atoms with E-state index in [1.165, 1.54) is 6.92 Å². The lowest BCUT2D eigenvalue weighted by atomic mass is 10.1. The molecule has 1 rings (SSSR count). The Labute approximate surface area is 94.2 Å². The van der Waals surface area contributed by atoms with Crippen molar-refractivity contribution in [3.63, 3.8) is 0 Å². The summed E-state index contributed by atoms with van der Waals surface area (Å²) in [5.74, 6) is 0.172. The summed E-state index contributed by atoms with van der Waals surface area (Å²) in [7, 11) is 0. The van der Waals surface area contributed by atoms with Crippen molar-refractivity contribution in [1.29, 1.82) is 0 Å². The van der Waals surface area contributed by atoms with Crippen LogP contribution in [0.2, 0.25) is 0 Å². The van der Waals surface area contributed by atoms with Gasteiger partial charge in [-0.2, -0.15) is 0 Å². The second-order valence-corrected chi connectivity index (χ2v) is 3.29. The molecule has 0 saturated carbocycles. The van der Waals surface area contributed by atoms with Gasteiger partial charge in [0.05, 0.1) is 5.56 Å². The summed E-state index contributed by atoms with van der Waals surface area (Å²) >= 11 is 0. The SMILES string of the molecule is CC(=O)OCCOc1cccc(C)c1C=O. The molecule has 4 nitrogen and oxygen atoms in total. The Balaban J connectivity index is 2.56. The van der Waals surface area contributed by atoms with Crippen LogP contribution in [-0.2, 0) is 9.53 Å². The van der Waals surface area contributed by atoms with E-state index in [9.17, 15) is 9.59 Å². The van der Waals surface area contributed by atoms with E-state index in [0.717, 1.165) is 11.8 Å². The van der Waals surface area contributed by atoms with Gasteiger partial charge in [-0.15, -0.1) is 0 Å². The van der Waals surface area contributed by atoms with E-state index in [0.29, 0.717) is 11.3 Å². The lowest BCUT2D eigenvalue weighted by molar-refractivity contribution is -0.141. The highest BCUT2D eigenvalue weighted by atomic mass is 16.6. The second kappa shape index (κ2) is 5.90. The molecule has 0 atom stereocenters. The molecule has 0 aromatic heterocycles. The molecule has 16 heavy (non-hydrogen) atoms. The number of carbonyl (C=O) groups is 2. The minimum absolute atomic E-state index is 0.182. The highest BCUT2D eigenvalue weighted by Gasteiger charge is 2.05. The molecule has 0 bridgehead atoms. The van der Waals surface area contributed by atoms with E-state index >= 15 is 0 Å². The van der Waals surface area contributed by atoms with Crippen LogP contribution in [0.3, 0.4) is 0 Å². The van der Waals surface area contributed by atoms with Crippen LogP contribution in [0.5, 0.6) is 5.75 Å². The number of aldehydes is 1. The number of carbonyl (C=O) groups excluding carboxylic acids is 2. The summed E-state index contributed by atoms with van der Waals surface area (Å²) in [6.07, 6.45) is 0.760. The Hall–Kier alpha value is -1.84. The number of hydrogen-bond acceptors (Lipinski definition) is 4. The van der Waals surface area contributed by atoms with Crippen molar-refractivity contribution in [2.24, 2.45) is 0 Å². The minimum Gasteiger partial charge on any atom is -0.489 e. The zero-order chi connectivity index (χ0) is 12.0. The monoisotopic (exact) mass is 222 g/mol. The molecule has 86 valence electrons. The first kappa shape index (κ1) is 12.2. The molecule has 0 fully saturated rings. The lowest BCUT2D eigenvalue weighted by Crippen LogP contribution is -2.10. The van der Waals surface area contributed by atoms with E-state index in [1.807, 2.05) is 19.1 Å². The topological polar surface area (TPSA) is 52.6 Å². The Morgan fingerprint density at radius 3 is 2.75 bits per heavy atom. The zero-order valence-corrected chi connectivity index (χ0v) is 9.36. The van der Waals surface area contributed by atoms with Gasteiger partial charge in [0.15, 0.2) is 6.29 Å². The van der Waals surface area contributed by atoms with E-state index in [2.05, 4.69) is 0 Å². The number of hydrogen-bond donors (Lipinski definition) is 0. The van der Waals surface area contributed by atoms with E-state index in [-0.39, 0.29) is 19.2 Å². The summed E-state index contributed by atoms with van der Waals surface area (Å²) in [5.41, 5.74) is 1.39. The maximum Gasteiger partial charge on any atom is 0.302 e. The van der Waals surface area contributed by atoms with Crippen LogP contribution in [-0.4, -0.2) is 25.5 Å². The van der Waals surface area contributed by atoms with Gasteiger partial charge < -0.3 is 9.47 Å². The van der Waals surface area contributed by atoms with Crippen molar-refractivity contribution in [2.45, 2.75) is 13.8 Å². The molecule has 0 heterocycles. The number of ether oxygens (including phenoxy) is 2. The van der Waals surface area contributed by atoms with Crippen LogP contribution < -0.4 is 4.74 Å². The van der Waals surface area contributed by atoms with E-state index in [1.54, 1.807) is 6.07 Å². The van der Waals surface area contributed by atoms with Gasteiger partial charge in [-0.1, -0.05) is 12.1 Å². The molecule has 0 saturated heterocycles. The third-order valence-electron chi connectivity index (χ3n) is 2.05. The summed E-state index contributed by atoms with van der Waals surface area (Å²) in [4.78, 5) is 21.3. The fraction of sp³-hybridized carbons (Fsp3) is 0.333. The Morgan fingerprint density at radius 2 is 2.12 bits per heavy atom. The normalized spacial score (nSPS) is 9.62. The van der Waals surface area contributed by atoms with Crippen molar-refractivity contribution in [2.75, 3.05) is 13.2 Å². The highest BCUT2D eigenvalue weighted by Crippen LogP contribution is 2.19. The van der Waals surface area contributed by atoms with Gasteiger partial charge in [-0.05, 0) is 18.6 Å². The smallest absolute Gasteiger partial charge is 0.302 e. The molecule has 4 heteroatoms. The number of benzene rings is 1. The molecule has 0 aliphatic carbocycles. The van der Waals surface area contributed by atoms with Gasteiger partial charge in [0.2, 0.25) is 0 Å². The predicted octanol–water partition coefficient (Wildman–Crippen LogP) is 1.75. The van der Waals surface area contributed by atoms with Crippen molar-refractivity contribution < 1.29 is 19.1 Å². The summed E-state index contributed by atoms with van der Waals surface area (Å²) < 4.78 is 10.1. The van der Waals surface area contributed by atoms with Gasteiger partial charge in [0, 0.05) is 6.92 Å². The van der Waals surface area contributed by atoms with Crippen molar-refractivity contribution >= 4 is 12.3 Å². The largest absolute Gasteiger partial charge is 0.489 e. The number of aryl methyl sites for hydroxylation is 1. The maximum atomic E-state index is 10.8. The Morgan fingerprint density at radius 1 is 1.38 bits per heavy atom. The highest BCUT2D eigenvalue weighted by molar-refractivity contribution is 5.81. The molecule has 0 radical (unpaired) electrons. The third-order valence-corrected chi connectivity index (χ3v) is 2.05. The van der Waals surface area contributed by atoms with Gasteiger partial charge >= 0.3 is 5.97 Å². The second-order valence-electron chi connectivity index (χ2n) is 3.29. The van der Waals surface area contributed by atoms with Crippen LogP contribution in [0.15, 0.2) is 18.2 Å². The molecular formula is C12H14O4. The Bertz CT molecular complexity index is 385. The zero-order valence-electron chi connectivity index (χ0n) is 9.36. The lowest BCUT2D eigenvalue weighted by Gasteiger charge is -2.09. The van der Waals surface area contributed by atoms with Crippen LogP contribution in [0.25, 0.3) is 0 Å². The molecule has 1 aromatic rings. The van der Waals surface area contributed by atoms with Crippen LogP contribution >= 0.6 is 0 Å². The first-order valence-electron chi connectivity index (χ1n) is 4.96. The molecule has 0 aliphatic heterocycles. The summed E-state index contributed by atoms with van der Waals surface area (Å²) in [5, 5.41) is 0. The first-order chi connectivity index (χ1) is 7.65. The molecular weight excluding hydrogens is 208 g/mol. The van der Waals surface area contributed by atoms with Crippen molar-refractivity contribution in [1.82, 2.24) is 0 Å².